The van der Waals surface area contributed by atoms with Crippen LogP contribution in [0.2, 0.25) is 0 Å². The van der Waals surface area contributed by atoms with Gasteiger partial charge in [-0.05, 0) is 46.2 Å². The van der Waals surface area contributed by atoms with Crippen LogP contribution in [0.3, 0.4) is 0 Å². The minimum absolute atomic E-state index is 0.405. The molecule has 100 valence electrons. The number of fused-ring (bicyclic) bond motifs is 1. The Morgan fingerprint density at radius 2 is 1.95 bits per heavy atom. The molecule has 1 aliphatic rings. The lowest BCUT2D eigenvalue weighted by Crippen LogP contribution is -2.07. The molecule has 4 rings (SSSR count). The monoisotopic (exact) mass is 266 g/mol. The molecule has 5 heteroatoms. The molecule has 5 nitrogen and oxygen atoms in total. The van der Waals surface area contributed by atoms with Crippen molar-refractivity contribution in [3.05, 3.63) is 48.3 Å². The summed E-state index contributed by atoms with van der Waals surface area (Å²) in [6, 6.07) is 14.8. The number of hydrogen-bond donors (Lipinski definition) is 0. The molecule has 2 aromatic carbocycles. The van der Waals surface area contributed by atoms with E-state index in [0.717, 1.165) is 24.4 Å². The van der Waals surface area contributed by atoms with Crippen LogP contribution in [0.5, 0.6) is 5.75 Å². The highest BCUT2D eigenvalue weighted by molar-refractivity contribution is 5.83. The summed E-state index contributed by atoms with van der Waals surface area (Å²) < 4.78 is 7.69. The number of nitrogens with zero attached hydrogens (tertiary/aromatic N) is 4. The van der Waals surface area contributed by atoms with Gasteiger partial charge in [0.2, 0.25) is 0 Å². The van der Waals surface area contributed by atoms with Crippen molar-refractivity contribution >= 4 is 10.8 Å². The van der Waals surface area contributed by atoms with Gasteiger partial charge in [-0.2, -0.15) is 0 Å². The molecule has 0 atom stereocenters. The normalized spacial score (nSPS) is 14.6. The minimum atomic E-state index is 0.405. The van der Waals surface area contributed by atoms with Crippen molar-refractivity contribution in [1.82, 2.24) is 20.2 Å². The molecule has 3 aromatic rings. The highest BCUT2D eigenvalue weighted by Gasteiger charge is 2.27. The van der Waals surface area contributed by atoms with Crippen molar-refractivity contribution in [3.63, 3.8) is 0 Å². The summed E-state index contributed by atoms with van der Waals surface area (Å²) in [6.45, 7) is 0.405. The zero-order valence-electron chi connectivity index (χ0n) is 10.9. The maximum absolute atomic E-state index is 5.81. The smallest absolute Gasteiger partial charge is 0.189 e. The third-order valence-corrected chi connectivity index (χ3v) is 3.54. The summed E-state index contributed by atoms with van der Waals surface area (Å²) in [7, 11) is 0. The van der Waals surface area contributed by atoms with Gasteiger partial charge in [-0.25, -0.2) is 4.68 Å². The Bertz CT molecular complexity index is 748. The van der Waals surface area contributed by atoms with E-state index in [2.05, 4.69) is 33.7 Å². The van der Waals surface area contributed by atoms with E-state index in [9.17, 15) is 0 Å². The average molecular weight is 266 g/mol. The van der Waals surface area contributed by atoms with Crippen molar-refractivity contribution in [2.75, 3.05) is 0 Å². The molecular weight excluding hydrogens is 252 g/mol. The first kappa shape index (κ1) is 11.4. The van der Waals surface area contributed by atoms with Gasteiger partial charge in [0.15, 0.2) is 5.82 Å². The fraction of sp³-hybridized carbons (Fsp3) is 0.267. The van der Waals surface area contributed by atoms with E-state index in [0.29, 0.717) is 12.6 Å². The average Bonchev–Trinajstić information content (AvgIpc) is 3.23. The molecule has 0 N–H and O–H groups in total. The lowest BCUT2D eigenvalue weighted by Gasteiger charge is -2.07. The molecule has 1 heterocycles. The molecule has 1 aliphatic carbocycles. The maximum atomic E-state index is 5.81. The molecule has 1 fully saturated rings. The SMILES string of the molecule is c1ccc2cc(OCc3nnnn3C3CC3)ccc2c1. The molecule has 0 radical (unpaired) electrons. The Morgan fingerprint density at radius 1 is 1.10 bits per heavy atom. The predicted octanol–water partition coefficient (Wildman–Crippen LogP) is 2.74. The second kappa shape index (κ2) is 4.59. The largest absolute Gasteiger partial charge is 0.486 e. The van der Waals surface area contributed by atoms with Crippen molar-refractivity contribution in [2.45, 2.75) is 25.5 Å². The van der Waals surface area contributed by atoms with E-state index in [1.165, 1.54) is 10.8 Å². The summed E-state index contributed by atoms with van der Waals surface area (Å²) >= 11 is 0. The van der Waals surface area contributed by atoms with Crippen LogP contribution in [0.4, 0.5) is 0 Å². The van der Waals surface area contributed by atoms with Crippen molar-refractivity contribution < 1.29 is 4.74 Å². The van der Waals surface area contributed by atoms with Crippen LogP contribution < -0.4 is 4.74 Å². The van der Waals surface area contributed by atoms with Crippen LogP contribution in [0.15, 0.2) is 42.5 Å². The highest BCUT2D eigenvalue weighted by Crippen LogP contribution is 2.34. The van der Waals surface area contributed by atoms with E-state index in [4.69, 9.17) is 4.74 Å². The zero-order chi connectivity index (χ0) is 13.4. The Hall–Kier alpha value is -2.43. The number of benzene rings is 2. The number of tetrazole rings is 1. The molecular formula is C15H14N4O. The summed E-state index contributed by atoms with van der Waals surface area (Å²) in [4.78, 5) is 0. The van der Waals surface area contributed by atoms with Crippen LogP contribution in [0, 0.1) is 0 Å². The fourth-order valence-corrected chi connectivity index (χ4v) is 2.32. The lowest BCUT2D eigenvalue weighted by atomic mass is 10.1. The molecule has 0 aliphatic heterocycles. The van der Waals surface area contributed by atoms with E-state index >= 15 is 0 Å². The Balaban J connectivity index is 1.53. The summed E-state index contributed by atoms with van der Waals surface area (Å²) in [5.41, 5.74) is 0. The zero-order valence-corrected chi connectivity index (χ0v) is 10.9. The number of rotatable bonds is 4. The van der Waals surface area contributed by atoms with E-state index in [1.54, 1.807) is 0 Å². The van der Waals surface area contributed by atoms with Gasteiger partial charge in [-0.3, -0.25) is 0 Å². The van der Waals surface area contributed by atoms with E-state index < -0.39 is 0 Å². The van der Waals surface area contributed by atoms with Gasteiger partial charge in [0.25, 0.3) is 0 Å². The van der Waals surface area contributed by atoms with Crippen molar-refractivity contribution in [1.29, 1.82) is 0 Å². The fourth-order valence-electron chi connectivity index (χ4n) is 2.32. The molecule has 0 bridgehead atoms. The summed E-state index contributed by atoms with van der Waals surface area (Å²) in [6.07, 6.45) is 2.32. The molecule has 20 heavy (non-hydrogen) atoms. The molecule has 0 amide bonds. The second-order valence-electron chi connectivity index (χ2n) is 5.07. The van der Waals surface area contributed by atoms with Gasteiger partial charge in [0.05, 0.1) is 6.04 Å². The Kier molecular flexibility index (Phi) is 2.62. The van der Waals surface area contributed by atoms with Crippen LogP contribution >= 0.6 is 0 Å². The summed E-state index contributed by atoms with van der Waals surface area (Å²) in [5, 5.41) is 14.2. The topological polar surface area (TPSA) is 52.8 Å². The third-order valence-electron chi connectivity index (χ3n) is 3.54. The first-order chi connectivity index (χ1) is 9.90. The second-order valence-corrected chi connectivity index (χ2v) is 5.07. The van der Waals surface area contributed by atoms with Gasteiger partial charge < -0.3 is 4.74 Å². The van der Waals surface area contributed by atoms with Gasteiger partial charge in [-0.15, -0.1) is 5.10 Å². The van der Waals surface area contributed by atoms with Gasteiger partial charge in [-0.1, -0.05) is 30.3 Å². The standard InChI is InChI=1S/C15H14N4O/c1-2-4-12-9-14(8-5-11(12)3-1)20-10-15-16-17-18-19(15)13-6-7-13/h1-5,8-9,13H,6-7,10H2. The van der Waals surface area contributed by atoms with Crippen LogP contribution in [0.1, 0.15) is 24.7 Å². The molecule has 1 saturated carbocycles. The minimum Gasteiger partial charge on any atom is -0.486 e. The Labute approximate surface area is 116 Å². The molecule has 0 spiro atoms. The van der Waals surface area contributed by atoms with E-state index in [1.807, 2.05) is 28.9 Å². The number of ether oxygens (including phenoxy) is 1. The lowest BCUT2D eigenvalue weighted by molar-refractivity contribution is 0.287. The molecule has 0 saturated heterocycles. The van der Waals surface area contributed by atoms with Crippen molar-refractivity contribution in [2.24, 2.45) is 0 Å². The van der Waals surface area contributed by atoms with Crippen molar-refractivity contribution in [3.8, 4) is 5.75 Å². The van der Waals surface area contributed by atoms with Gasteiger partial charge in [0, 0.05) is 0 Å². The first-order valence-corrected chi connectivity index (χ1v) is 6.78. The first-order valence-electron chi connectivity index (χ1n) is 6.78. The molecule has 1 aromatic heterocycles. The number of aromatic nitrogens is 4. The predicted molar refractivity (Wildman–Crippen MR) is 74.4 cm³/mol. The third kappa shape index (κ3) is 2.11. The quantitative estimate of drug-likeness (QED) is 0.728. The van der Waals surface area contributed by atoms with Gasteiger partial charge in [0.1, 0.15) is 12.4 Å². The van der Waals surface area contributed by atoms with Crippen LogP contribution in [-0.2, 0) is 6.61 Å². The van der Waals surface area contributed by atoms with E-state index in [-0.39, 0.29) is 0 Å². The van der Waals surface area contributed by atoms with Gasteiger partial charge >= 0.3 is 0 Å². The summed E-state index contributed by atoms with van der Waals surface area (Å²) in [5.74, 6) is 1.63. The number of hydrogen-bond acceptors (Lipinski definition) is 4. The maximum Gasteiger partial charge on any atom is 0.189 e. The molecule has 0 unspecified atom stereocenters. The van der Waals surface area contributed by atoms with Crippen LogP contribution in [-0.4, -0.2) is 20.2 Å². The van der Waals surface area contributed by atoms with Crippen LogP contribution in [0.25, 0.3) is 10.8 Å². The highest BCUT2D eigenvalue weighted by atomic mass is 16.5. The Morgan fingerprint density at radius 3 is 2.80 bits per heavy atom.